The van der Waals surface area contributed by atoms with Crippen LogP contribution in [0.1, 0.15) is 6.92 Å². The lowest BCUT2D eigenvalue weighted by Gasteiger charge is -2.03. The number of rotatable bonds is 4. The van der Waals surface area contributed by atoms with Crippen molar-refractivity contribution in [3.63, 3.8) is 0 Å². The first-order valence-corrected chi connectivity index (χ1v) is 7.42. The first-order valence-electron chi connectivity index (χ1n) is 7.42. The highest BCUT2D eigenvalue weighted by Gasteiger charge is 2.06. The highest BCUT2D eigenvalue weighted by molar-refractivity contribution is 5.92. The number of nitrogens with zero attached hydrogens (tertiary/aromatic N) is 2. The SMILES string of the molecule is CC(=O)Nc1ccc(-c2cn3cc(NC(=O)CN)ccc3n2)cc1. The normalized spacial score (nSPS) is 10.6. The summed E-state index contributed by atoms with van der Waals surface area (Å²) in [4.78, 5) is 27.0. The zero-order chi connectivity index (χ0) is 17.1. The van der Waals surface area contributed by atoms with Gasteiger partial charge in [-0.3, -0.25) is 9.59 Å². The van der Waals surface area contributed by atoms with Gasteiger partial charge in [-0.05, 0) is 24.3 Å². The van der Waals surface area contributed by atoms with Crippen LogP contribution in [0.15, 0.2) is 48.8 Å². The number of nitrogens with two attached hydrogens (primary N) is 1. The number of nitrogens with one attached hydrogen (secondary N) is 2. The first kappa shape index (κ1) is 15.7. The van der Waals surface area contributed by atoms with Crippen LogP contribution in [-0.2, 0) is 9.59 Å². The summed E-state index contributed by atoms with van der Waals surface area (Å²) in [6.07, 6.45) is 3.66. The van der Waals surface area contributed by atoms with E-state index in [0.717, 1.165) is 22.6 Å². The molecule has 0 fully saturated rings. The van der Waals surface area contributed by atoms with Gasteiger partial charge in [0, 0.05) is 30.6 Å². The van der Waals surface area contributed by atoms with Gasteiger partial charge in [0.15, 0.2) is 0 Å². The molecule has 1 aromatic carbocycles. The number of hydrogen-bond acceptors (Lipinski definition) is 4. The molecule has 2 aromatic heterocycles. The molecule has 3 aromatic rings. The van der Waals surface area contributed by atoms with E-state index in [1.807, 2.05) is 40.9 Å². The molecule has 2 amide bonds. The Bertz CT molecular complexity index is 899. The van der Waals surface area contributed by atoms with Crippen molar-refractivity contribution in [1.29, 1.82) is 0 Å². The van der Waals surface area contributed by atoms with Crippen LogP contribution in [0, 0.1) is 0 Å². The molecule has 0 unspecified atom stereocenters. The first-order chi connectivity index (χ1) is 11.5. The van der Waals surface area contributed by atoms with E-state index in [1.165, 1.54) is 6.92 Å². The molecule has 0 bridgehead atoms. The molecule has 7 nitrogen and oxygen atoms in total. The number of imidazole rings is 1. The van der Waals surface area contributed by atoms with Crippen molar-refractivity contribution in [2.75, 3.05) is 17.2 Å². The summed E-state index contributed by atoms with van der Waals surface area (Å²) in [7, 11) is 0. The van der Waals surface area contributed by atoms with E-state index in [4.69, 9.17) is 5.73 Å². The molecule has 4 N–H and O–H groups in total. The number of carbonyl (C=O) groups is 2. The van der Waals surface area contributed by atoms with Crippen LogP contribution >= 0.6 is 0 Å². The summed E-state index contributed by atoms with van der Waals surface area (Å²) in [6, 6.07) is 11.0. The number of aromatic nitrogens is 2. The van der Waals surface area contributed by atoms with Gasteiger partial charge in [-0.2, -0.15) is 0 Å². The van der Waals surface area contributed by atoms with E-state index in [2.05, 4.69) is 15.6 Å². The Kier molecular flexibility index (Phi) is 4.26. The van der Waals surface area contributed by atoms with Crippen molar-refractivity contribution >= 4 is 28.8 Å². The maximum Gasteiger partial charge on any atom is 0.238 e. The molecule has 0 radical (unpaired) electrons. The average Bonchev–Trinajstić information content (AvgIpc) is 2.98. The fraction of sp³-hybridized carbons (Fsp3) is 0.118. The summed E-state index contributed by atoms with van der Waals surface area (Å²) >= 11 is 0. The van der Waals surface area contributed by atoms with Crippen molar-refractivity contribution < 1.29 is 9.59 Å². The quantitative estimate of drug-likeness (QED) is 0.682. The van der Waals surface area contributed by atoms with Gasteiger partial charge in [-0.15, -0.1) is 0 Å². The molecule has 0 atom stereocenters. The molecule has 0 saturated heterocycles. The molecule has 7 heteroatoms. The summed E-state index contributed by atoms with van der Waals surface area (Å²) in [5, 5.41) is 5.43. The third-order valence-electron chi connectivity index (χ3n) is 3.42. The molecule has 24 heavy (non-hydrogen) atoms. The Morgan fingerprint density at radius 2 is 1.75 bits per heavy atom. The van der Waals surface area contributed by atoms with E-state index in [9.17, 15) is 9.59 Å². The average molecular weight is 323 g/mol. The van der Waals surface area contributed by atoms with Crippen molar-refractivity contribution in [3.8, 4) is 11.3 Å². The zero-order valence-electron chi connectivity index (χ0n) is 13.1. The van der Waals surface area contributed by atoms with E-state index >= 15 is 0 Å². The summed E-state index contributed by atoms with van der Waals surface area (Å²) in [6.45, 7) is 1.41. The lowest BCUT2D eigenvalue weighted by atomic mass is 10.1. The Labute approximate surface area is 138 Å². The molecular weight excluding hydrogens is 306 g/mol. The van der Waals surface area contributed by atoms with Crippen LogP contribution in [0.5, 0.6) is 0 Å². The van der Waals surface area contributed by atoms with E-state index in [0.29, 0.717) is 5.69 Å². The Hall–Kier alpha value is -3.19. The predicted octanol–water partition coefficient (Wildman–Crippen LogP) is 1.86. The molecule has 0 aliphatic rings. The van der Waals surface area contributed by atoms with Gasteiger partial charge in [0.2, 0.25) is 11.8 Å². The number of fused-ring (bicyclic) bond motifs is 1. The fourth-order valence-corrected chi connectivity index (χ4v) is 2.34. The van der Waals surface area contributed by atoms with Gasteiger partial charge in [0.1, 0.15) is 5.65 Å². The third-order valence-corrected chi connectivity index (χ3v) is 3.42. The largest absolute Gasteiger partial charge is 0.326 e. The smallest absolute Gasteiger partial charge is 0.238 e. The summed E-state index contributed by atoms with van der Waals surface area (Å²) in [5.74, 6) is -0.356. The highest BCUT2D eigenvalue weighted by Crippen LogP contribution is 2.22. The van der Waals surface area contributed by atoms with Gasteiger partial charge < -0.3 is 20.8 Å². The van der Waals surface area contributed by atoms with E-state index in [-0.39, 0.29) is 18.4 Å². The lowest BCUT2D eigenvalue weighted by molar-refractivity contribution is -0.115. The van der Waals surface area contributed by atoms with Crippen molar-refractivity contribution in [2.45, 2.75) is 6.92 Å². The topological polar surface area (TPSA) is 102 Å². The summed E-state index contributed by atoms with van der Waals surface area (Å²) < 4.78 is 1.84. The van der Waals surface area contributed by atoms with Gasteiger partial charge in [0.25, 0.3) is 0 Å². The fourth-order valence-electron chi connectivity index (χ4n) is 2.34. The van der Waals surface area contributed by atoms with Crippen molar-refractivity contribution in [1.82, 2.24) is 9.38 Å². The van der Waals surface area contributed by atoms with Gasteiger partial charge in [-0.1, -0.05) is 12.1 Å². The number of hydrogen-bond donors (Lipinski definition) is 3. The molecule has 0 aliphatic heterocycles. The second-order valence-corrected chi connectivity index (χ2v) is 5.32. The van der Waals surface area contributed by atoms with Crippen molar-refractivity contribution in [3.05, 3.63) is 48.8 Å². The summed E-state index contributed by atoms with van der Waals surface area (Å²) in [5.41, 5.74) is 9.18. The minimum absolute atomic E-state index is 0.0616. The van der Waals surface area contributed by atoms with Gasteiger partial charge in [-0.25, -0.2) is 4.98 Å². The van der Waals surface area contributed by atoms with Crippen LogP contribution in [-0.4, -0.2) is 27.7 Å². The van der Waals surface area contributed by atoms with E-state index < -0.39 is 0 Å². The minimum Gasteiger partial charge on any atom is -0.326 e. The second kappa shape index (κ2) is 6.51. The zero-order valence-corrected chi connectivity index (χ0v) is 13.1. The Balaban J connectivity index is 1.87. The number of pyridine rings is 1. The van der Waals surface area contributed by atoms with Crippen molar-refractivity contribution in [2.24, 2.45) is 5.73 Å². The van der Waals surface area contributed by atoms with E-state index in [1.54, 1.807) is 12.3 Å². The Morgan fingerprint density at radius 1 is 1.04 bits per heavy atom. The predicted molar refractivity (Wildman–Crippen MR) is 92.6 cm³/mol. The van der Waals surface area contributed by atoms with Crippen LogP contribution in [0.3, 0.4) is 0 Å². The molecule has 0 saturated carbocycles. The molecule has 0 aliphatic carbocycles. The molecule has 3 rings (SSSR count). The second-order valence-electron chi connectivity index (χ2n) is 5.32. The number of amides is 2. The minimum atomic E-state index is -0.247. The number of benzene rings is 1. The van der Waals surface area contributed by atoms with Gasteiger partial charge in [0.05, 0.1) is 17.9 Å². The molecule has 0 spiro atoms. The van der Waals surface area contributed by atoms with Crippen LogP contribution < -0.4 is 16.4 Å². The third kappa shape index (κ3) is 3.41. The maximum atomic E-state index is 11.4. The van der Waals surface area contributed by atoms with Crippen LogP contribution in [0.4, 0.5) is 11.4 Å². The monoisotopic (exact) mass is 323 g/mol. The van der Waals surface area contributed by atoms with Gasteiger partial charge >= 0.3 is 0 Å². The standard InChI is InChI=1S/C17H17N5O2/c1-11(23)19-13-4-2-12(3-5-13)15-10-22-9-14(20-17(24)8-18)6-7-16(22)21-15/h2-7,9-10H,8,18H2,1H3,(H,19,23)(H,20,24). The molecular formula is C17H17N5O2. The number of carbonyl (C=O) groups excluding carboxylic acids is 2. The van der Waals surface area contributed by atoms with Crippen LogP contribution in [0.2, 0.25) is 0 Å². The Morgan fingerprint density at radius 3 is 2.42 bits per heavy atom. The lowest BCUT2D eigenvalue weighted by Crippen LogP contribution is -2.21. The highest BCUT2D eigenvalue weighted by atomic mass is 16.2. The number of anilines is 2. The molecule has 122 valence electrons. The van der Waals surface area contributed by atoms with Crippen LogP contribution in [0.25, 0.3) is 16.9 Å². The molecule has 2 heterocycles. The maximum absolute atomic E-state index is 11.4.